The highest BCUT2D eigenvalue weighted by atomic mass is 16.6. The molecule has 6 heteroatoms. The van der Waals surface area contributed by atoms with Gasteiger partial charge in [0.15, 0.2) is 6.10 Å². The van der Waals surface area contributed by atoms with Gasteiger partial charge in [-0.25, -0.2) is 0 Å². The number of carbonyl (C=O) groups excluding carboxylic acids is 3. The van der Waals surface area contributed by atoms with Crippen LogP contribution in [0.2, 0.25) is 0 Å². The fourth-order valence-corrected chi connectivity index (χ4v) is 6.03. The first-order valence-electron chi connectivity index (χ1n) is 24.5. The Morgan fingerprint density at radius 3 is 1.13 bits per heavy atom. The SMILES string of the molecule is CC/C=C\C/C=C\C/C=C\C/C=C\C/C=C\C/C=C\C/C=C\C/C=C\C/C=C\CCCC(=O)OCC(COC(=O)CCCCCCC)OC(=O)CCCCCCC/C=C\CCC. The van der Waals surface area contributed by atoms with Crippen molar-refractivity contribution >= 4 is 17.9 Å². The first-order valence-corrected chi connectivity index (χ1v) is 24.5. The van der Waals surface area contributed by atoms with Gasteiger partial charge < -0.3 is 14.2 Å². The van der Waals surface area contributed by atoms with E-state index < -0.39 is 6.10 Å². The van der Waals surface area contributed by atoms with E-state index in [1.54, 1.807) is 0 Å². The molecule has 0 fully saturated rings. The zero-order valence-electron chi connectivity index (χ0n) is 39.6. The topological polar surface area (TPSA) is 78.9 Å². The predicted molar refractivity (Wildman–Crippen MR) is 265 cm³/mol. The zero-order chi connectivity index (χ0) is 45.1. The van der Waals surface area contributed by atoms with Crippen molar-refractivity contribution in [2.24, 2.45) is 0 Å². The van der Waals surface area contributed by atoms with E-state index in [0.29, 0.717) is 19.3 Å². The fraction of sp³-hybridized carbons (Fsp3) is 0.589. The van der Waals surface area contributed by atoms with Gasteiger partial charge in [-0.2, -0.15) is 0 Å². The lowest BCUT2D eigenvalue weighted by Crippen LogP contribution is -2.30. The van der Waals surface area contributed by atoms with Crippen LogP contribution in [0.5, 0.6) is 0 Å². The van der Waals surface area contributed by atoms with Crippen molar-refractivity contribution in [3.63, 3.8) is 0 Å². The van der Waals surface area contributed by atoms with Crippen LogP contribution in [-0.2, 0) is 28.6 Å². The summed E-state index contributed by atoms with van der Waals surface area (Å²) in [4.78, 5) is 37.4. The molecule has 0 heterocycles. The summed E-state index contributed by atoms with van der Waals surface area (Å²) in [6.07, 6.45) is 68.1. The molecule has 0 rings (SSSR count). The summed E-state index contributed by atoms with van der Waals surface area (Å²) in [5, 5.41) is 0. The Balaban J connectivity index is 4.23. The minimum absolute atomic E-state index is 0.103. The average molecular weight is 857 g/mol. The molecule has 1 unspecified atom stereocenters. The number of esters is 3. The smallest absolute Gasteiger partial charge is 0.306 e. The molecular formula is C56H88O6. The molecule has 0 aliphatic rings. The van der Waals surface area contributed by atoms with Crippen LogP contribution in [0.3, 0.4) is 0 Å². The van der Waals surface area contributed by atoms with Crippen molar-refractivity contribution in [3.05, 3.63) is 122 Å². The van der Waals surface area contributed by atoms with Crippen LogP contribution >= 0.6 is 0 Å². The number of ether oxygens (including phenoxy) is 3. The maximum atomic E-state index is 12.6. The Bertz CT molecular complexity index is 1350. The summed E-state index contributed by atoms with van der Waals surface area (Å²) >= 11 is 0. The first-order chi connectivity index (χ1) is 30.5. The van der Waals surface area contributed by atoms with E-state index in [1.807, 2.05) is 0 Å². The quantitative estimate of drug-likeness (QED) is 0.0263. The van der Waals surface area contributed by atoms with Gasteiger partial charge in [-0.3, -0.25) is 14.4 Å². The molecule has 0 N–H and O–H groups in total. The number of rotatable bonds is 42. The standard InChI is InChI=1S/C56H88O6/c1-4-7-10-13-15-17-19-20-21-22-23-24-25-26-27-28-29-30-31-32-33-34-35-36-37-39-40-43-46-49-55(58)61-52-53(51-60-54(57)48-45-42-12-9-6-3)62-56(59)50-47-44-41-38-18-16-14-11-8-5-2/h7,10-11,14-15,17,20-21,23-24,26-27,29-30,32-33,35-36,39-40,53H,4-6,8-9,12-13,16,18-19,22,25,28,31,34,37-38,41-52H2,1-3H3/b10-7-,14-11-,17-15-,21-20-,24-23-,27-26-,30-29-,33-32-,36-35-,40-39-. The van der Waals surface area contributed by atoms with Gasteiger partial charge in [-0.1, -0.05) is 194 Å². The number of carbonyl (C=O) groups is 3. The molecule has 0 aliphatic heterocycles. The minimum Gasteiger partial charge on any atom is -0.462 e. The third kappa shape index (κ3) is 46.9. The van der Waals surface area contributed by atoms with Crippen molar-refractivity contribution in [1.29, 1.82) is 0 Å². The van der Waals surface area contributed by atoms with E-state index in [-0.39, 0.29) is 37.5 Å². The van der Waals surface area contributed by atoms with Gasteiger partial charge in [-0.05, 0) is 103 Å². The monoisotopic (exact) mass is 857 g/mol. The molecular weight excluding hydrogens is 769 g/mol. The summed E-state index contributed by atoms with van der Waals surface area (Å²) in [5.74, 6) is -1.00. The average Bonchev–Trinajstić information content (AvgIpc) is 3.27. The normalized spacial score (nSPS) is 13.1. The van der Waals surface area contributed by atoms with Crippen molar-refractivity contribution in [2.75, 3.05) is 13.2 Å². The Hall–Kier alpha value is -4.19. The zero-order valence-corrected chi connectivity index (χ0v) is 39.6. The Morgan fingerprint density at radius 2 is 0.677 bits per heavy atom. The maximum absolute atomic E-state index is 12.6. The number of hydrogen-bond donors (Lipinski definition) is 0. The molecule has 6 nitrogen and oxygen atoms in total. The van der Waals surface area contributed by atoms with Gasteiger partial charge in [0.1, 0.15) is 13.2 Å². The summed E-state index contributed by atoms with van der Waals surface area (Å²) in [6.45, 7) is 6.28. The molecule has 62 heavy (non-hydrogen) atoms. The van der Waals surface area contributed by atoms with E-state index in [0.717, 1.165) is 135 Å². The molecule has 0 radical (unpaired) electrons. The van der Waals surface area contributed by atoms with E-state index in [9.17, 15) is 14.4 Å². The predicted octanol–water partition coefficient (Wildman–Crippen LogP) is 16.1. The van der Waals surface area contributed by atoms with Crippen molar-refractivity contribution in [3.8, 4) is 0 Å². The van der Waals surface area contributed by atoms with Gasteiger partial charge in [0, 0.05) is 19.3 Å². The first kappa shape index (κ1) is 57.8. The highest BCUT2D eigenvalue weighted by Crippen LogP contribution is 2.11. The molecule has 0 saturated carbocycles. The lowest BCUT2D eigenvalue weighted by molar-refractivity contribution is -0.167. The number of unbranched alkanes of at least 4 members (excludes halogenated alkanes) is 11. The highest BCUT2D eigenvalue weighted by molar-refractivity contribution is 5.71. The molecule has 0 spiro atoms. The summed E-state index contributed by atoms with van der Waals surface area (Å²) in [6, 6.07) is 0. The highest BCUT2D eigenvalue weighted by Gasteiger charge is 2.19. The largest absolute Gasteiger partial charge is 0.462 e. The van der Waals surface area contributed by atoms with Crippen molar-refractivity contribution in [2.45, 2.75) is 200 Å². The number of allylic oxidation sites excluding steroid dienone is 20. The maximum Gasteiger partial charge on any atom is 0.306 e. The summed E-state index contributed by atoms with van der Waals surface area (Å²) in [5.41, 5.74) is 0. The third-order valence-corrected chi connectivity index (χ3v) is 9.68. The van der Waals surface area contributed by atoms with Crippen LogP contribution < -0.4 is 0 Å². The van der Waals surface area contributed by atoms with E-state index >= 15 is 0 Å². The van der Waals surface area contributed by atoms with Crippen molar-refractivity contribution < 1.29 is 28.6 Å². The van der Waals surface area contributed by atoms with Crippen molar-refractivity contribution in [1.82, 2.24) is 0 Å². The van der Waals surface area contributed by atoms with Crippen LogP contribution in [0.4, 0.5) is 0 Å². The molecule has 0 bridgehead atoms. The van der Waals surface area contributed by atoms with Gasteiger partial charge in [0.25, 0.3) is 0 Å². The second-order valence-electron chi connectivity index (χ2n) is 15.6. The Morgan fingerprint density at radius 1 is 0.339 bits per heavy atom. The molecule has 0 saturated heterocycles. The molecule has 0 aromatic rings. The van der Waals surface area contributed by atoms with Gasteiger partial charge in [-0.15, -0.1) is 0 Å². The fourth-order valence-electron chi connectivity index (χ4n) is 6.03. The molecule has 348 valence electrons. The van der Waals surface area contributed by atoms with Crippen LogP contribution in [0.1, 0.15) is 194 Å². The molecule has 0 aliphatic carbocycles. The summed E-state index contributed by atoms with van der Waals surface area (Å²) in [7, 11) is 0. The number of hydrogen-bond acceptors (Lipinski definition) is 6. The van der Waals surface area contributed by atoms with Crippen LogP contribution in [0.25, 0.3) is 0 Å². The summed E-state index contributed by atoms with van der Waals surface area (Å²) < 4.78 is 16.5. The van der Waals surface area contributed by atoms with E-state index in [4.69, 9.17) is 14.2 Å². The second-order valence-corrected chi connectivity index (χ2v) is 15.6. The van der Waals surface area contributed by atoms with Gasteiger partial charge >= 0.3 is 17.9 Å². The third-order valence-electron chi connectivity index (χ3n) is 9.68. The molecule has 1 atom stereocenters. The lowest BCUT2D eigenvalue weighted by Gasteiger charge is -2.18. The Labute approximate surface area is 380 Å². The second kappa shape index (κ2) is 49.5. The van der Waals surface area contributed by atoms with Crippen LogP contribution in [0.15, 0.2) is 122 Å². The molecule has 0 aromatic carbocycles. The molecule has 0 aromatic heterocycles. The van der Waals surface area contributed by atoms with E-state index in [1.165, 1.54) is 12.8 Å². The molecule has 0 amide bonds. The van der Waals surface area contributed by atoms with E-state index in [2.05, 4.69) is 142 Å². The minimum atomic E-state index is -0.802. The van der Waals surface area contributed by atoms with Crippen LogP contribution in [-0.4, -0.2) is 37.2 Å². The Kier molecular flexibility index (Phi) is 46.1. The van der Waals surface area contributed by atoms with Crippen LogP contribution in [0, 0.1) is 0 Å². The van der Waals surface area contributed by atoms with Gasteiger partial charge in [0.2, 0.25) is 0 Å². The lowest BCUT2D eigenvalue weighted by atomic mass is 10.1. The van der Waals surface area contributed by atoms with Gasteiger partial charge in [0.05, 0.1) is 0 Å².